The highest BCUT2D eigenvalue weighted by molar-refractivity contribution is 6.31. The SMILES string of the molecule is CC1CCCC(NC(=O)C(C)n2nc(-c3ccccc3)c3cc(Cl)ccc32)C1C. The zero-order chi connectivity index (χ0) is 20.5. The topological polar surface area (TPSA) is 46.9 Å². The van der Waals surface area contributed by atoms with Crippen LogP contribution in [0.5, 0.6) is 0 Å². The summed E-state index contributed by atoms with van der Waals surface area (Å²) in [5, 5.41) is 9.77. The third-order valence-electron chi connectivity index (χ3n) is 6.50. The van der Waals surface area contributed by atoms with Crippen molar-refractivity contribution in [3.8, 4) is 11.3 Å². The summed E-state index contributed by atoms with van der Waals surface area (Å²) in [5.74, 6) is 1.16. The highest BCUT2D eigenvalue weighted by atomic mass is 35.5. The molecular weight excluding hydrogens is 382 g/mol. The van der Waals surface area contributed by atoms with Crippen molar-refractivity contribution in [2.24, 2.45) is 11.8 Å². The monoisotopic (exact) mass is 409 g/mol. The predicted molar refractivity (Wildman–Crippen MR) is 119 cm³/mol. The summed E-state index contributed by atoms with van der Waals surface area (Å²) < 4.78 is 1.83. The van der Waals surface area contributed by atoms with Crippen molar-refractivity contribution >= 4 is 28.4 Å². The summed E-state index contributed by atoms with van der Waals surface area (Å²) in [7, 11) is 0. The minimum absolute atomic E-state index is 0.0231. The summed E-state index contributed by atoms with van der Waals surface area (Å²) in [4.78, 5) is 13.1. The van der Waals surface area contributed by atoms with Gasteiger partial charge in [0.05, 0.1) is 5.52 Å². The molecule has 0 bridgehead atoms. The highest BCUT2D eigenvalue weighted by Gasteiger charge is 2.30. The number of hydrogen-bond acceptors (Lipinski definition) is 2. The number of amides is 1. The zero-order valence-corrected chi connectivity index (χ0v) is 18.0. The van der Waals surface area contributed by atoms with Crippen LogP contribution in [0, 0.1) is 11.8 Å². The van der Waals surface area contributed by atoms with Crippen LogP contribution in [-0.4, -0.2) is 21.7 Å². The molecule has 29 heavy (non-hydrogen) atoms. The number of benzene rings is 2. The van der Waals surface area contributed by atoms with Crippen LogP contribution in [0.2, 0.25) is 5.02 Å². The van der Waals surface area contributed by atoms with Crippen molar-refractivity contribution < 1.29 is 4.79 Å². The number of nitrogens with one attached hydrogen (secondary N) is 1. The van der Waals surface area contributed by atoms with Gasteiger partial charge in [0.15, 0.2) is 0 Å². The van der Waals surface area contributed by atoms with E-state index in [1.165, 1.54) is 12.8 Å². The van der Waals surface area contributed by atoms with Gasteiger partial charge in [-0.1, -0.05) is 68.6 Å². The van der Waals surface area contributed by atoms with Gasteiger partial charge in [0, 0.05) is 22.0 Å². The summed E-state index contributed by atoms with van der Waals surface area (Å²) in [6, 6.07) is 15.6. The van der Waals surface area contributed by atoms with E-state index in [9.17, 15) is 4.79 Å². The number of rotatable bonds is 4. The molecule has 0 saturated heterocycles. The third-order valence-corrected chi connectivity index (χ3v) is 6.73. The molecule has 1 N–H and O–H groups in total. The van der Waals surface area contributed by atoms with Gasteiger partial charge in [0.2, 0.25) is 5.91 Å². The van der Waals surface area contributed by atoms with E-state index in [2.05, 4.69) is 19.2 Å². The van der Waals surface area contributed by atoms with E-state index in [0.717, 1.165) is 28.6 Å². The van der Waals surface area contributed by atoms with Crippen molar-refractivity contribution in [2.45, 2.75) is 52.1 Å². The van der Waals surface area contributed by atoms with Gasteiger partial charge < -0.3 is 5.32 Å². The first kappa shape index (κ1) is 20.0. The summed E-state index contributed by atoms with van der Waals surface area (Å²) >= 11 is 6.27. The normalized spacial score (nSPS) is 23.1. The molecule has 1 aromatic heterocycles. The van der Waals surface area contributed by atoms with E-state index in [0.29, 0.717) is 16.9 Å². The molecule has 0 radical (unpaired) electrons. The molecule has 3 aromatic rings. The molecule has 1 aliphatic carbocycles. The average molecular weight is 410 g/mol. The Morgan fingerprint density at radius 1 is 1.17 bits per heavy atom. The lowest BCUT2D eigenvalue weighted by molar-refractivity contribution is -0.125. The van der Waals surface area contributed by atoms with Gasteiger partial charge in [0.1, 0.15) is 11.7 Å². The van der Waals surface area contributed by atoms with Gasteiger partial charge in [-0.15, -0.1) is 0 Å². The Kier molecular flexibility index (Phi) is 5.64. The van der Waals surface area contributed by atoms with Gasteiger partial charge >= 0.3 is 0 Å². The van der Waals surface area contributed by atoms with Crippen molar-refractivity contribution in [3.05, 3.63) is 53.6 Å². The quantitative estimate of drug-likeness (QED) is 0.586. The van der Waals surface area contributed by atoms with Crippen LogP contribution in [0.3, 0.4) is 0 Å². The smallest absolute Gasteiger partial charge is 0.244 e. The van der Waals surface area contributed by atoms with E-state index < -0.39 is 6.04 Å². The summed E-state index contributed by atoms with van der Waals surface area (Å²) in [6.45, 7) is 6.45. The van der Waals surface area contributed by atoms with Gasteiger partial charge in [-0.3, -0.25) is 9.48 Å². The second-order valence-corrected chi connectivity index (χ2v) is 8.82. The molecule has 0 spiro atoms. The number of fused-ring (bicyclic) bond motifs is 1. The standard InChI is InChI=1S/C24H28ClN3O/c1-15-8-7-11-21(16(15)2)26-24(29)17(3)28-22-13-12-19(25)14-20(22)23(27-28)18-9-5-4-6-10-18/h4-6,9-10,12-17,21H,7-8,11H2,1-3H3,(H,26,29). The number of hydrogen-bond donors (Lipinski definition) is 1. The Morgan fingerprint density at radius 3 is 2.69 bits per heavy atom. The molecule has 1 fully saturated rings. The second kappa shape index (κ2) is 8.19. The minimum Gasteiger partial charge on any atom is -0.351 e. The maximum atomic E-state index is 13.1. The maximum absolute atomic E-state index is 13.1. The van der Waals surface area contributed by atoms with E-state index in [1.807, 2.05) is 60.1 Å². The van der Waals surface area contributed by atoms with Gasteiger partial charge in [-0.2, -0.15) is 5.10 Å². The maximum Gasteiger partial charge on any atom is 0.244 e. The second-order valence-electron chi connectivity index (χ2n) is 8.38. The fourth-order valence-electron chi connectivity index (χ4n) is 4.42. The largest absolute Gasteiger partial charge is 0.351 e. The molecule has 1 heterocycles. The number of halogens is 1. The summed E-state index contributed by atoms with van der Waals surface area (Å²) in [5.41, 5.74) is 2.78. The lowest BCUT2D eigenvalue weighted by Crippen LogP contribution is -2.46. The number of carbonyl (C=O) groups excluding carboxylic acids is 1. The molecule has 1 saturated carbocycles. The van der Waals surface area contributed by atoms with Crippen LogP contribution < -0.4 is 5.32 Å². The van der Waals surface area contributed by atoms with E-state index in [-0.39, 0.29) is 11.9 Å². The van der Waals surface area contributed by atoms with E-state index in [1.54, 1.807) is 0 Å². The Bertz CT molecular complexity index is 1010. The van der Waals surface area contributed by atoms with Crippen molar-refractivity contribution in [2.75, 3.05) is 0 Å². The molecular formula is C24H28ClN3O. The fraction of sp³-hybridized carbons (Fsp3) is 0.417. The minimum atomic E-state index is -0.402. The summed E-state index contributed by atoms with van der Waals surface area (Å²) in [6.07, 6.45) is 3.47. The van der Waals surface area contributed by atoms with Crippen molar-refractivity contribution in [3.63, 3.8) is 0 Å². The van der Waals surface area contributed by atoms with Gasteiger partial charge in [-0.05, 0) is 43.4 Å². The lowest BCUT2D eigenvalue weighted by atomic mass is 9.78. The van der Waals surface area contributed by atoms with Crippen molar-refractivity contribution in [1.82, 2.24) is 15.1 Å². The molecule has 1 aliphatic rings. The Hall–Kier alpha value is -2.33. The molecule has 4 rings (SSSR count). The molecule has 0 aliphatic heterocycles. The van der Waals surface area contributed by atoms with Crippen LogP contribution in [0.1, 0.15) is 46.1 Å². The van der Waals surface area contributed by atoms with Gasteiger partial charge in [0.25, 0.3) is 0 Å². The average Bonchev–Trinajstić information content (AvgIpc) is 3.10. The number of aromatic nitrogens is 2. The molecule has 2 aromatic carbocycles. The first-order chi connectivity index (χ1) is 14.0. The van der Waals surface area contributed by atoms with Crippen molar-refractivity contribution in [1.29, 1.82) is 0 Å². The number of nitrogens with zero attached hydrogens (tertiary/aromatic N) is 2. The van der Waals surface area contributed by atoms with Crippen LogP contribution in [0.4, 0.5) is 0 Å². The number of carbonyl (C=O) groups is 1. The molecule has 152 valence electrons. The Balaban J connectivity index is 1.67. The molecule has 4 atom stereocenters. The third kappa shape index (κ3) is 3.91. The van der Waals surface area contributed by atoms with Gasteiger partial charge in [-0.25, -0.2) is 0 Å². The lowest BCUT2D eigenvalue weighted by Gasteiger charge is -2.35. The fourth-order valence-corrected chi connectivity index (χ4v) is 4.59. The van der Waals surface area contributed by atoms with Crippen LogP contribution in [0.25, 0.3) is 22.2 Å². The van der Waals surface area contributed by atoms with E-state index in [4.69, 9.17) is 16.7 Å². The molecule has 1 amide bonds. The first-order valence-corrected chi connectivity index (χ1v) is 10.9. The van der Waals surface area contributed by atoms with E-state index >= 15 is 0 Å². The molecule has 4 unspecified atom stereocenters. The van der Waals surface area contributed by atoms with Crippen LogP contribution in [0.15, 0.2) is 48.5 Å². The van der Waals surface area contributed by atoms with Crippen LogP contribution in [-0.2, 0) is 4.79 Å². The first-order valence-electron chi connectivity index (χ1n) is 10.5. The Morgan fingerprint density at radius 2 is 1.93 bits per heavy atom. The zero-order valence-electron chi connectivity index (χ0n) is 17.2. The molecule has 4 nitrogen and oxygen atoms in total. The molecule has 5 heteroatoms. The van der Waals surface area contributed by atoms with Crippen LogP contribution >= 0.6 is 11.6 Å². The highest BCUT2D eigenvalue weighted by Crippen LogP contribution is 2.33. The predicted octanol–water partition coefficient (Wildman–Crippen LogP) is 5.86. The Labute approximate surface area is 177 Å².